The molecule has 1 rings (SSSR count). The molecule has 0 spiro atoms. The third-order valence-corrected chi connectivity index (χ3v) is 2.49. The number of primary amides is 1. The molecule has 0 saturated heterocycles. The van der Waals surface area contributed by atoms with Gasteiger partial charge >= 0.3 is 0 Å². The molecular weight excluding hydrogens is 254 g/mol. The second kappa shape index (κ2) is 6.86. The number of amides is 2. The van der Waals surface area contributed by atoms with Gasteiger partial charge in [0.15, 0.2) is 0 Å². The quantitative estimate of drug-likeness (QED) is 0.729. The number of hydrogen-bond donors (Lipinski definition) is 3. The van der Waals surface area contributed by atoms with E-state index >= 15 is 0 Å². The molecule has 1 aromatic carbocycles. The van der Waals surface area contributed by atoms with Crippen LogP contribution < -0.4 is 16.4 Å². The van der Waals surface area contributed by atoms with Gasteiger partial charge in [0.1, 0.15) is 0 Å². The van der Waals surface area contributed by atoms with Crippen LogP contribution >= 0.6 is 11.6 Å². The molecule has 98 valence electrons. The summed E-state index contributed by atoms with van der Waals surface area (Å²) in [4.78, 5) is 22.6. The number of benzene rings is 1. The molecule has 5 nitrogen and oxygen atoms in total. The number of hydrogen-bond acceptors (Lipinski definition) is 3. The predicted molar refractivity (Wildman–Crippen MR) is 71.8 cm³/mol. The van der Waals surface area contributed by atoms with Gasteiger partial charge in [0.05, 0.1) is 12.1 Å². The van der Waals surface area contributed by atoms with Crippen molar-refractivity contribution in [3.05, 3.63) is 28.8 Å². The molecule has 0 aromatic heterocycles. The highest BCUT2D eigenvalue weighted by molar-refractivity contribution is 6.31. The van der Waals surface area contributed by atoms with E-state index in [0.29, 0.717) is 17.3 Å². The van der Waals surface area contributed by atoms with Crippen molar-refractivity contribution in [1.82, 2.24) is 5.32 Å². The molecule has 0 atom stereocenters. The van der Waals surface area contributed by atoms with Crippen molar-refractivity contribution in [2.75, 3.05) is 18.4 Å². The average molecular weight is 270 g/mol. The van der Waals surface area contributed by atoms with E-state index in [4.69, 9.17) is 17.3 Å². The number of carbonyl (C=O) groups excluding carboxylic acids is 2. The Morgan fingerprint density at radius 2 is 2.11 bits per heavy atom. The first kappa shape index (κ1) is 14.3. The van der Waals surface area contributed by atoms with E-state index in [-0.39, 0.29) is 18.0 Å². The zero-order valence-electron chi connectivity index (χ0n) is 10.1. The Bertz CT molecular complexity index is 449. The van der Waals surface area contributed by atoms with Gasteiger partial charge in [-0.2, -0.15) is 0 Å². The lowest BCUT2D eigenvalue weighted by atomic mass is 10.1. The first-order valence-corrected chi connectivity index (χ1v) is 6.02. The lowest BCUT2D eigenvalue weighted by Crippen LogP contribution is -2.30. The van der Waals surface area contributed by atoms with E-state index in [9.17, 15) is 9.59 Å². The summed E-state index contributed by atoms with van der Waals surface area (Å²) in [6, 6.07) is 4.71. The maximum atomic E-state index is 11.4. The van der Waals surface area contributed by atoms with Gasteiger partial charge in [0.2, 0.25) is 5.91 Å². The summed E-state index contributed by atoms with van der Waals surface area (Å²) in [5, 5.41) is 6.00. The largest absolute Gasteiger partial charge is 0.376 e. The number of anilines is 1. The van der Waals surface area contributed by atoms with E-state index in [1.807, 2.05) is 6.92 Å². The molecule has 0 aliphatic heterocycles. The summed E-state index contributed by atoms with van der Waals surface area (Å²) in [5.74, 6) is -0.726. The maximum Gasteiger partial charge on any atom is 0.250 e. The van der Waals surface area contributed by atoms with Crippen molar-refractivity contribution >= 4 is 29.1 Å². The van der Waals surface area contributed by atoms with Crippen molar-refractivity contribution in [1.29, 1.82) is 0 Å². The third kappa shape index (κ3) is 4.25. The van der Waals surface area contributed by atoms with E-state index in [2.05, 4.69) is 10.6 Å². The summed E-state index contributed by atoms with van der Waals surface area (Å²) >= 11 is 5.78. The van der Waals surface area contributed by atoms with Crippen LogP contribution in [0.4, 0.5) is 5.69 Å². The third-order valence-electron chi connectivity index (χ3n) is 2.26. The van der Waals surface area contributed by atoms with Crippen LogP contribution in [0.15, 0.2) is 18.2 Å². The summed E-state index contributed by atoms with van der Waals surface area (Å²) < 4.78 is 0. The molecule has 0 saturated carbocycles. The zero-order chi connectivity index (χ0) is 13.5. The number of halogens is 1. The number of nitrogens with two attached hydrogens (primary N) is 1. The van der Waals surface area contributed by atoms with Crippen molar-refractivity contribution in [3.8, 4) is 0 Å². The van der Waals surface area contributed by atoms with Crippen LogP contribution in [0.1, 0.15) is 23.7 Å². The number of nitrogens with one attached hydrogen (secondary N) is 2. The second-order valence-electron chi connectivity index (χ2n) is 3.76. The first-order valence-electron chi connectivity index (χ1n) is 5.64. The Hall–Kier alpha value is -1.75. The van der Waals surface area contributed by atoms with Crippen LogP contribution in [0, 0.1) is 0 Å². The molecule has 18 heavy (non-hydrogen) atoms. The monoisotopic (exact) mass is 269 g/mol. The topological polar surface area (TPSA) is 84.2 Å². The van der Waals surface area contributed by atoms with Gasteiger partial charge in [0.25, 0.3) is 5.91 Å². The highest BCUT2D eigenvalue weighted by Crippen LogP contribution is 2.19. The fourth-order valence-electron chi connectivity index (χ4n) is 1.38. The molecule has 0 fully saturated rings. The van der Waals surface area contributed by atoms with Gasteiger partial charge in [-0.25, -0.2) is 0 Å². The molecular formula is C12H16ClN3O2. The van der Waals surface area contributed by atoms with Crippen LogP contribution in [0.25, 0.3) is 0 Å². The SMILES string of the molecule is CCCNC(=O)CNc1ccc(Cl)cc1C(N)=O. The summed E-state index contributed by atoms with van der Waals surface area (Å²) in [6.45, 7) is 2.68. The minimum atomic E-state index is -0.589. The van der Waals surface area contributed by atoms with Crippen LogP contribution in [0.3, 0.4) is 0 Å². The Kier molecular flexibility index (Phi) is 5.45. The summed E-state index contributed by atoms with van der Waals surface area (Å²) in [5.41, 5.74) is 6.00. The molecule has 0 unspecified atom stereocenters. The Labute approximate surface area is 111 Å². The van der Waals surface area contributed by atoms with Gasteiger partial charge in [-0.15, -0.1) is 0 Å². The highest BCUT2D eigenvalue weighted by Gasteiger charge is 2.09. The standard InChI is InChI=1S/C12H16ClN3O2/c1-2-5-15-11(17)7-16-10-4-3-8(13)6-9(10)12(14)18/h3-4,6,16H,2,5,7H2,1H3,(H2,14,18)(H,15,17). The molecule has 0 aliphatic rings. The lowest BCUT2D eigenvalue weighted by Gasteiger charge is -2.10. The normalized spacial score (nSPS) is 9.89. The van der Waals surface area contributed by atoms with Crippen molar-refractivity contribution in [3.63, 3.8) is 0 Å². The van der Waals surface area contributed by atoms with Gasteiger partial charge < -0.3 is 16.4 Å². The van der Waals surface area contributed by atoms with Gasteiger partial charge in [-0.3, -0.25) is 9.59 Å². The molecule has 0 radical (unpaired) electrons. The minimum absolute atomic E-state index is 0.0852. The van der Waals surface area contributed by atoms with Gasteiger partial charge in [-0.1, -0.05) is 18.5 Å². The van der Waals surface area contributed by atoms with Crippen molar-refractivity contribution < 1.29 is 9.59 Å². The van der Waals surface area contributed by atoms with Crippen molar-refractivity contribution in [2.45, 2.75) is 13.3 Å². The molecule has 0 heterocycles. The number of rotatable bonds is 6. The molecule has 2 amide bonds. The molecule has 6 heteroatoms. The van der Waals surface area contributed by atoms with E-state index < -0.39 is 5.91 Å². The fourth-order valence-corrected chi connectivity index (χ4v) is 1.55. The first-order chi connectivity index (χ1) is 8.54. The van der Waals surface area contributed by atoms with Gasteiger partial charge in [0, 0.05) is 17.3 Å². The molecule has 0 aliphatic carbocycles. The smallest absolute Gasteiger partial charge is 0.250 e. The Morgan fingerprint density at radius 3 is 2.72 bits per heavy atom. The van der Waals surface area contributed by atoms with E-state index in [1.54, 1.807) is 12.1 Å². The summed E-state index contributed by atoms with van der Waals surface area (Å²) in [6.07, 6.45) is 0.874. The molecule has 0 bridgehead atoms. The fraction of sp³-hybridized carbons (Fsp3) is 0.333. The maximum absolute atomic E-state index is 11.4. The van der Waals surface area contributed by atoms with Crippen LogP contribution in [-0.2, 0) is 4.79 Å². The minimum Gasteiger partial charge on any atom is -0.376 e. The van der Waals surface area contributed by atoms with Crippen LogP contribution in [-0.4, -0.2) is 24.9 Å². The van der Waals surface area contributed by atoms with E-state index in [1.165, 1.54) is 6.07 Å². The predicted octanol–water partition coefficient (Wildman–Crippen LogP) is 1.38. The van der Waals surface area contributed by atoms with Crippen LogP contribution in [0.2, 0.25) is 5.02 Å². The molecule has 1 aromatic rings. The highest BCUT2D eigenvalue weighted by atomic mass is 35.5. The van der Waals surface area contributed by atoms with E-state index in [0.717, 1.165) is 6.42 Å². The zero-order valence-corrected chi connectivity index (χ0v) is 10.9. The average Bonchev–Trinajstić information content (AvgIpc) is 2.34. The lowest BCUT2D eigenvalue weighted by molar-refractivity contribution is -0.119. The number of carbonyl (C=O) groups is 2. The summed E-state index contributed by atoms with van der Waals surface area (Å²) in [7, 11) is 0. The van der Waals surface area contributed by atoms with Crippen LogP contribution in [0.5, 0.6) is 0 Å². The second-order valence-corrected chi connectivity index (χ2v) is 4.19. The van der Waals surface area contributed by atoms with Crippen molar-refractivity contribution in [2.24, 2.45) is 5.73 Å². The Morgan fingerprint density at radius 1 is 1.39 bits per heavy atom. The Balaban J connectivity index is 2.67. The van der Waals surface area contributed by atoms with Gasteiger partial charge in [-0.05, 0) is 24.6 Å². The molecule has 4 N–H and O–H groups in total.